The van der Waals surface area contributed by atoms with Gasteiger partial charge in [0.25, 0.3) is 0 Å². The number of nitrogens with one attached hydrogen (secondary N) is 2. The molecule has 1 aromatic carbocycles. The molecule has 2 amide bonds. The van der Waals surface area contributed by atoms with E-state index >= 15 is 0 Å². The molecule has 0 spiro atoms. The fourth-order valence-corrected chi connectivity index (χ4v) is 1.94. The van der Waals surface area contributed by atoms with Crippen LogP contribution in [0.2, 0.25) is 0 Å². The van der Waals surface area contributed by atoms with Crippen LogP contribution < -0.4 is 10.6 Å². The third-order valence-electron chi connectivity index (χ3n) is 2.96. The minimum Gasteiger partial charge on any atom is -0.480 e. The van der Waals surface area contributed by atoms with Crippen molar-refractivity contribution in [1.82, 2.24) is 10.6 Å². The van der Waals surface area contributed by atoms with Gasteiger partial charge in [-0.15, -0.1) is 12.3 Å². The lowest BCUT2D eigenvalue weighted by molar-refractivity contribution is -0.142. The Morgan fingerprint density at radius 1 is 1.30 bits per heavy atom. The molecule has 3 N–H and O–H groups in total. The summed E-state index contributed by atoms with van der Waals surface area (Å²) >= 11 is 0. The van der Waals surface area contributed by atoms with Crippen molar-refractivity contribution in [2.75, 3.05) is 0 Å². The molecule has 7 heteroatoms. The molecule has 1 aromatic rings. The summed E-state index contributed by atoms with van der Waals surface area (Å²) in [6.07, 6.45) is 4.90. The minimum absolute atomic E-state index is 0.0194. The molecular weight excluding hydrogens is 303 g/mol. The van der Waals surface area contributed by atoms with Crippen molar-refractivity contribution in [3.63, 3.8) is 0 Å². The van der Waals surface area contributed by atoms with Gasteiger partial charge in [0, 0.05) is 19.8 Å². The second-order valence-corrected chi connectivity index (χ2v) is 4.89. The van der Waals surface area contributed by atoms with Crippen molar-refractivity contribution in [2.45, 2.75) is 31.8 Å². The first-order valence-corrected chi connectivity index (χ1v) is 6.81. The maximum atomic E-state index is 13.2. The molecule has 1 rings (SSSR count). The van der Waals surface area contributed by atoms with Crippen LogP contribution in [0.1, 0.15) is 18.9 Å². The molecule has 0 aliphatic heterocycles. The van der Waals surface area contributed by atoms with Crippen LogP contribution in [-0.4, -0.2) is 35.0 Å². The van der Waals surface area contributed by atoms with Gasteiger partial charge in [-0.2, -0.15) is 0 Å². The zero-order valence-corrected chi connectivity index (χ0v) is 12.5. The van der Waals surface area contributed by atoms with E-state index in [2.05, 4.69) is 16.6 Å². The summed E-state index contributed by atoms with van der Waals surface area (Å²) in [7, 11) is 0. The van der Waals surface area contributed by atoms with E-state index in [0.717, 1.165) is 0 Å². The van der Waals surface area contributed by atoms with Gasteiger partial charge in [-0.3, -0.25) is 9.59 Å². The number of terminal acetylenes is 1. The van der Waals surface area contributed by atoms with Crippen LogP contribution in [0.25, 0.3) is 0 Å². The smallest absolute Gasteiger partial charge is 0.327 e. The van der Waals surface area contributed by atoms with Gasteiger partial charge in [0.05, 0.1) is 0 Å². The number of hydrogen-bond donors (Lipinski definition) is 3. The molecule has 0 fully saturated rings. The third kappa shape index (κ3) is 6.18. The van der Waals surface area contributed by atoms with Crippen molar-refractivity contribution in [3.8, 4) is 12.3 Å². The van der Waals surface area contributed by atoms with E-state index < -0.39 is 35.7 Å². The molecule has 0 aliphatic rings. The van der Waals surface area contributed by atoms with Crippen molar-refractivity contribution in [3.05, 3.63) is 35.6 Å². The molecule has 122 valence electrons. The van der Waals surface area contributed by atoms with Gasteiger partial charge in [0.2, 0.25) is 11.8 Å². The number of carbonyl (C=O) groups excluding carboxylic acids is 2. The van der Waals surface area contributed by atoms with E-state index in [1.807, 2.05) is 0 Å². The highest BCUT2D eigenvalue weighted by Gasteiger charge is 2.25. The SMILES string of the molecule is C#CC[C@H](NC(=O)[C@@H](Cc1cccc(F)c1)NC(C)=O)C(=O)O. The highest BCUT2D eigenvalue weighted by atomic mass is 19.1. The fourth-order valence-electron chi connectivity index (χ4n) is 1.94. The largest absolute Gasteiger partial charge is 0.480 e. The van der Waals surface area contributed by atoms with E-state index in [1.165, 1.54) is 25.1 Å². The van der Waals surface area contributed by atoms with E-state index in [-0.39, 0.29) is 12.8 Å². The summed E-state index contributed by atoms with van der Waals surface area (Å²) in [5, 5.41) is 13.7. The van der Waals surface area contributed by atoms with E-state index in [0.29, 0.717) is 5.56 Å². The first-order chi connectivity index (χ1) is 10.8. The van der Waals surface area contributed by atoms with Crippen molar-refractivity contribution in [2.24, 2.45) is 0 Å². The van der Waals surface area contributed by atoms with E-state index in [1.54, 1.807) is 6.07 Å². The van der Waals surface area contributed by atoms with Gasteiger partial charge >= 0.3 is 5.97 Å². The standard InChI is InChI=1S/C16H17FN2O4/c1-3-5-13(16(22)23)19-15(21)14(18-10(2)20)9-11-6-4-7-12(17)8-11/h1,4,6-8,13-14H,5,9H2,2H3,(H,18,20)(H,19,21)(H,22,23)/t13-,14+/m0/s1. The summed E-state index contributed by atoms with van der Waals surface area (Å²) in [5.74, 6) is -0.757. The zero-order chi connectivity index (χ0) is 17.4. The molecule has 0 saturated carbocycles. The highest BCUT2D eigenvalue weighted by molar-refractivity contribution is 5.90. The molecule has 0 aliphatic carbocycles. The van der Waals surface area contributed by atoms with Gasteiger partial charge in [0.1, 0.15) is 17.9 Å². The Labute approximate surface area is 133 Å². The Morgan fingerprint density at radius 2 is 2.00 bits per heavy atom. The number of benzene rings is 1. The molecule has 0 aromatic heterocycles. The summed E-state index contributed by atoms with van der Waals surface area (Å²) in [6.45, 7) is 1.22. The monoisotopic (exact) mass is 320 g/mol. The molecular formula is C16H17FN2O4. The fraction of sp³-hybridized carbons (Fsp3) is 0.312. The van der Waals surface area contributed by atoms with Crippen LogP contribution in [0.4, 0.5) is 4.39 Å². The van der Waals surface area contributed by atoms with E-state index in [9.17, 15) is 18.8 Å². The summed E-state index contributed by atoms with van der Waals surface area (Å²) < 4.78 is 13.2. The summed E-state index contributed by atoms with van der Waals surface area (Å²) in [6, 6.07) is 3.28. The first-order valence-electron chi connectivity index (χ1n) is 6.81. The second-order valence-electron chi connectivity index (χ2n) is 4.89. The number of amides is 2. The number of hydrogen-bond acceptors (Lipinski definition) is 3. The number of aliphatic carboxylic acids is 1. The van der Waals surface area contributed by atoms with Crippen LogP contribution in [-0.2, 0) is 20.8 Å². The van der Waals surface area contributed by atoms with Crippen LogP contribution >= 0.6 is 0 Å². The van der Waals surface area contributed by atoms with Crippen molar-refractivity contribution in [1.29, 1.82) is 0 Å². The number of halogens is 1. The average Bonchev–Trinajstić information content (AvgIpc) is 2.45. The van der Waals surface area contributed by atoms with Crippen LogP contribution in [0.3, 0.4) is 0 Å². The Kier molecular flexibility index (Phi) is 6.74. The molecule has 6 nitrogen and oxygen atoms in total. The molecule has 0 saturated heterocycles. The third-order valence-corrected chi connectivity index (χ3v) is 2.96. The summed E-state index contributed by atoms with van der Waals surface area (Å²) in [5.41, 5.74) is 0.489. The van der Waals surface area contributed by atoms with Crippen molar-refractivity contribution < 1.29 is 23.9 Å². The van der Waals surface area contributed by atoms with Crippen LogP contribution in [0.15, 0.2) is 24.3 Å². The average molecular weight is 320 g/mol. The Balaban J connectivity index is 2.88. The molecule has 0 bridgehead atoms. The molecule has 2 atom stereocenters. The van der Waals surface area contributed by atoms with E-state index in [4.69, 9.17) is 11.5 Å². The minimum atomic E-state index is -1.27. The zero-order valence-electron chi connectivity index (χ0n) is 12.5. The number of carboxylic acid groups (broad SMARTS) is 1. The Morgan fingerprint density at radius 3 is 2.52 bits per heavy atom. The highest BCUT2D eigenvalue weighted by Crippen LogP contribution is 2.07. The molecule has 0 radical (unpaired) electrons. The van der Waals surface area contributed by atoms with Crippen LogP contribution in [0, 0.1) is 18.2 Å². The quantitative estimate of drug-likeness (QED) is 0.636. The number of rotatable bonds is 7. The molecule has 23 heavy (non-hydrogen) atoms. The van der Waals surface area contributed by atoms with Gasteiger partial charge in [0.15, 0.2) is 0 Å². The number of carboxylic acids is 1. The predicted molar refractivity (Wildman–Crippen MR) is 80.7 cm³/mol. The predicted octanol–water partition coefficient (Wildman–Crippen LogP) is 0.466. The summed E-state index contributed by atoms with van der Waals surface area (Å²) in [4.78, 5) is 34.5. The lowest BCUT2D eigenvalue weighted by atomic mass is 10.0. The number of carbonyl (C=O) groups is 3. The van der Waals surface area contributed by atoms with Gasteiger partial charge in [-0.1, -0.05) is 12.1 Å². The Hall–Kier alpha value is -2.88. The maximum Gasteiger partial charge on any atom is 0.327 e. The maximum absolute atomic E-state index is 13.2. The first kappa shape index (κ1) is 18.2. The molecule has 0 unspecified atom stereocenters. The normalized spacial score (nSPS) is 12.6. The molecule has 0 heterocycles. The lowest BCUT2D eigenvalue weighted by Crippen LogP contribution is -2.52. The van der Waals surface area contributed by atoms with Crippen LogP contribution in [0.5, 0.6) is 0 Å². The second kappa shape index (κ2) is 8.54. The van der Waals surface area contributed by atoms with Crippen molar-refractivity contribution >= 4 is 17.8 Å². The topological polar surface area (TPSA) is 95.5 Å². The van der Waals surface area contributed by atoms with Gasteiger partial charge < -0.3 is 15.7 Å². The van der Waals surface area contributed by atoms with Gasteiger partial charge in [-0.05, 0) is 17.7 Å². The Bertz CT molecular complexity index is 639. The lowest BCUT2D eigenvalue weighted by Gasteiger charge is -2.20. The van der Waals surface area contributed by atoms with Gasteiger partial charge in [-0.25, -0.2) is 9.18 Å².